The lowest BCUT2D eigenvalue weighted by Gasteiger charge is -2.28. The van der Waals surface area contributed by atoms with Gasteiger partial charge in [0.05, 0.1) is 12.3 Å². The Morgan fingerprint density at radius 1 is 0.931 bits per heavy atom. The minimum absolute atomic E-state index is 0.0220. The molecule has 0 aliphatic carbocycles. The van der Waals surface area contributed by atoms with Gasteiger partial charge in [0.15, 0.2) is 0 Å². The maximum Gasteiger partial charge on any atom is 0.251 e. The van der Waals surface area contributed by atoms with Crippen molar-refractivity contribution in [3.63, 3.8) is 0 Å². The Kier molecular flexibility index (Phi) is 7.00. The van der Waals surface area contributed by atoms with Crippen molar-refractivity contribution in [3.05, 3.63) is 71.3 Å². The van der Waals surface area contributed by atoms with Crippen molar-refractivity contribution >= 4 is 21.8 Å². The minimum atomic E-state index is -3.37. The average molecular weight is 416 g/mol. The number of nitrogens with one attached hydrogen (secondary N) is 2. The van der Waals surface area contributed by atoms with E-state index in [2.05, 4.69) is 10.6 Å². The molecule has 1 heterocycles. The van der Waals surface area contributed by atoms with Crippen LogP contribution < -0.4 is 10.6 Å². The van der Waals surface area contributed by atoms with Gasteiger partial charge >= 0.3 is 0 Å². The third-order valence-electron chi connectivity index (χ3n) is 4.84. The molecule has 29 heavy (non-hydrogen) atoms. The van der Waals surface area contributed by atoms with E-state index >= 15 is 0 Å². The molecule has 8 heteroatoms. The summed E-state index contributed by atoms with van der Waals surface area (Å²) in [7, 11) is -3.37. The highest BCUT2D eigenvalue weighted by atomic mass is 32.2. The lowest BCUT2D eigenvalue weighted by Crippen LogP contribution is -2.39. The Hall–Kier alpha value is -2.71. The predicted molar refractivity (Wildman–Crippen MR) is 111 cm³/mol. The minimum Gasteiger partial charge on any atom is -0.355 e. The Bertz CT molecular complexity index is 961. The summed E-state index contributed by atoms with van der Waals surface area (Å²) in [5, 5.41) is 5.18. The fourth-order valence-electron chi connectivity index (χ4n) is 3.23. The van der Waals surface area contributed by atoms with Crippen LogP contribution in [-0.2, 0) is 27.8 Å². The number of rotatable bonds is 8. The van der Waals surface area contributed by atoms with Gasteiger partial charge in [-0.05, 0) is 36.1 Å². The van der Waals surface area contributed by atoms with Gasteiger partial charge in [-0.15, -0.1) is 0 Å². The van der Waals surface area contributed by atoms with Crippen LogP contribution in [0.3, 0.4) is 0 Å². The summed E-state index contributed by atoms with van der Waals surface area (Å²) >= 11 is 0. The second-order valence-electron chi connectivity index (χ2n) is 6.92. The first-order valence-electron chi connectivity index (χ1n) is 9.60. The van der Waals surface area contributed by atoms with Crippen LogP contribution in [0.1, 0.15) is 27.9 Å². The first-order valence-corrected chi connectivity index (χ1v) is 11.2. The first kappa shape index (κ1) is 21.0. The molecule has 1 aliphatic rings. The van der Waals surface area contributed by atoms with E-state index in [1.54, 1.807) is 30.3 Å². The number of nitrogens with zero attached hydrogens (tertiary/aromatic N) is 1. The largest absolute Gasteiger partial charge is 0.355 e. The summed E-state index contributed by atoms with van der Waals surface area (Å²) < 4.78 is 26.6. The van der Waals surface area contributed by atoms with Crippen LogP contribution in [0.2, 0.25) is 0 Å². The standard InChI is InChI=1S/C21H25N3O4S/c25-20(15-23-21(26)18-8-2-1-3-9-18)22-12-6-14-29(27,28)24-13-11-17-7-4-5-10-19(17)16-24/h1-5,7-10H,6,11-16H2,(H,22,25)(H,23,26). The smallest absolute Gasteiger partial charge is 0.251 e. The van der Waals surface area contributed by atoms with Crippen molar-refractivity contribution in [2.45, 2.75) is 19.4 Å². The van der Waals surface area contributed by atoms with Gasteiger partial charge in [-0.2, -0.15) is 4.31 Å². The molecule has 0 bridgehead atoms. The Morgan fingerprint density at radius 3 is 2.38 bits per heavy atom. The Morgan fingerprint density at radius 2 is 1.62 bits per heavy atom. The highest BCUT2D eigenvalue weighted by Crippen LogP contribution is 2.21. The second kappa shape index (κ2) is 9.67. The van der Waals surface area contributed by atoms with Crippen LogP contribution in [0, 0.1) is 0 Å². The molecule has 2 amide bonds. The molecule has 0 saturated heterocycles. The predicted octanol–water partition coefficient (Wildman–Crippen LogP) is 1.31. The number of hydrogen-bond donors (Lipinski definition) is 2. The summed E-state index contributed by atoms with van der Waals surface area (Å²) in [5.41, 5.74) is 2.73. The number of sulfonamides is 1. The van der Waals surface area contributed by atoms with Gasteiger partial charge in [-0.25, -0.2) is 8.42 Å². The first-order chi connectivity index (χ1) is 14.0. The quantitative estimate of drug-likeness (QED) is 0.636. The summed E-state index contributed by atoms with van der Waals surface area (Å²) in [4.78, 5) is 23.8. The topological polar surface area (TPSA) is 95.6 Å². The monoisotopic (exact) mass is 415 g/mol. The molecule has 0 aromatic heterocycles. The van der Waals surface area contributed by atoms with Crippen molar-refractivity contribution in [2.75, 3.05) is 25.4 Å². The molecule has 1 aliphatic heterocycles. The van der Waals surface area contributed by atoms with Gasteiger partial charge in [0.1, 0.15) is 0 Å². The van der Waals surface area contributed by atoms with Crippen molar-refractivity contribution in [1.82, 2.24) is 14.9 Å². The van der Waals surface area contributed by atoms with Crippen LogP contribution in [0.25, 0.3) is 0 Å². The van der Waals surface area contributed by atoms with Crippen molar-refractivity contribution in [3.8, 4) is 0 Å². The van der Waals surface area contributed by atoms with Crippen LogP contribution in [0.15, 0.2) is 54.6 Å². The molecule has 0 spiro atoms. The summed E-state index contributed by atoms with van der Waals surface area (Å²) in [5.74, 6) is -0.696. The fraction of sp³-hybridized carbons (Fsp3) is 0.333. The average Bonchev–Trinajstić information content (AvgIpc) is 2.75. The fourth-order valence-corrected chi connectivity index (χ4v) is 4.71. The van der Waals surface area contributed by atoms with Crippen LogP contribution in [0.5, 0.6) is 0 Å². The summed E-state index contributed by atoms with van der Waals surface area (Å²) in [6, 6.07) is 16.5. The lowest BCUT2D eigenvalue weighted by atomic mass is 10.0. The molecule has 2 aromatic carbocycles. The van der Waals surface area contributed by atoms with E-state index in [0.29, 0.717) is 31.5 Å². The number of amides is 2. The van der Waals surface area contributed by atoms with E-state index in [9.17, 15) is 18.0 Å². The van der Waals surface area contributed by atoms with Crippen molar-refractivity contribution < 1.29 is 18.0 Å². The van der Waals surface area contributed by atoms with E-state index in [1.165, 1.54) is 9.87 Å². The van der Waals surface area contributed by atoms with Crippen LogP contribution >= 0.6 is 0 Å². The number of carbonyl (C=O) groups excluding carboxylic acids is 2. The molecule has 7 nitrogen and oxygen atoms in total. The van der Waals surface area contributed by atoms with E-state index in [1.807, 2.05) is 24.3 Å². The third kappa shape index (κ3) is 5.88. The zero-order chi connectivity index (χ0) is 20.7. The van der Waals surface area contributed by atoms with Gasteiger partial charge in [0.25, 0.3) is 5.91 Å². The molecular weight excluding hydrogens is 390 g/mol. The van der Waals surface area contributed by atoms with Gasteiger partial charge in [0.2, 0.25) is 15.9 Å². The van der Waals surface area contributed by atoms with E-state index in [0.717, 1.165) is 5.56 Å². The normalized spacial score (nSPS) is 14.1. The van der Waals surface area contributed by atoms with Crippen LogP contribution in [0.4, 0.5) is 0 Å². The molecule has 0 radical (unpaired) electrons. The van der Waals surface area contributed by atoms with Crippen molar-refractivity contribution in [2.24, 2.45) is 0 Å². The summed E-state index contributed by atoms with van der Waals surface area (Å²) in [6.07, 6.45) is 1.03. The molecule has 3 rings (SSSR count). The Balaban J connectivity index is 1.37. The number of carbonyl (C=O) groups is 2. The highest BCUT2D eigenvalue weighted by Gasteiger charge is 2.26. The highest BCUT2D eigenvalue weighted by molar-refractivity contribution is 7.89. The lowest BCUT2D eigenvalue weighted by molar-refractivity contribution is -0.120. The van der Waals surface area contributed by atoms with Gasteiger partial charge < -0.3 is 10.6 Å². The molecule has 0 unspecified atom stereocenters. The third-order valence-corrected chi connectivity index (χ3v) is 6.74. The zero-order valence-corrected chi connectivity index (χ0v) is 17.0. The molecule has 154 valence electrons. The van der Waals surface area contributed by atoms with Crippen LogP contribution in [-0.4, -0.2) is 49.9 Å². The molecule has 2 N–H and O–H groups in total. The molecule has 0 fully saturated rings. The number of benzene rings is 2. The van der Waals surface area contributed by atoms with Gasteiger partial charge in [-0.3, -0.25) is 9.59 Å². The summed E-state index contributed by atoms with van der Waals surface area (Å²) in [6.45, 7) is 0.973. The van der Waals surface area contributed by atoms with E-state index in [-0.39, 0.29) is 30.7 Å². The maximum atomic E-state index is 12.6. The molecular formula is C21H25N3O4S. The van der Waals surface area contributed by atoms with Gasteiger partial charge in [0, 0.05) is 25.2 Å². The maximum absolute atomic E-state index is 12.6. The Labute approximate surface area is 171 Å². The zero-order valence-electron chi connectivity index (χ0n) is 16.1. The molecule has 0 saturated carbocycles. The number of fused-ring (bicyclic) bond motifs is 1. The SMILES string of the molecule is O=C(CNC(=O)c1ccccc1)NCCCS(=O)(=O)N1CCc2ccccc2C1. The second-order valence-corrected chi connectivity index (χ2v) is 9.01. The van der Waals surface area contributed by atoms with E-state index < -0.39 is 10.0 Å². The van der Waals surface area contributed by atoms with E-state index in [4.69, 9.17) is 0 Å². The van der Waals surface area contributed by atoms with Crippen molar-refractivity contribution in [1.29, 1.82) is 0 Å². The van der Waals surface area contributed by atoms with Gasteiger partial charge in [-0.1, -0.05) is 42.5 Å². The molecule has 0 atom stereocenters. The number of hydrogen-bond acceptors (Lipinski definition) is 4. The molecule has 2 aromatic rings.